The monoisotopic (exact) mass is 278 g/mol. The molecule has 0 saturated heterocycles. The maximum Gasteiger partial charge on any atom is 0.148 e. The summed E-state index contributed by atoms with van der Waals surface area (Å²) >= 11 is 1.67. The number of rotatable bonds is 5. The Morgan fingerprint density at radius 3 is 2.58 bits per heavy atom. The largest absolute Gasteiger partial charge is 0.363 e. The molecule has 2 rings (SSSR count). The summed E-state index contributed by atoms with van der Waals surface area (Å²) in [5.74, 6) is 7.21. The molecular formula is C12H18N6S. The molecule has 19 heavy (non-hydrogen) atoms. The van der Waals surface area contributed by atoms with Crippen LogP contribution >= 0.6 is 11.3 Å². The highest BCUT2D eigenvalue weighted by Gasteiger charge is 2.14. The minimum atomic E-state index is 0.271. The van der Waals surface area contributed by atoms with E-state index in [4.69, 9.17) is 5.84 Å². The fraction of sp³-hybridized carbons (Fsp3) is 0.417. The van der Waals surface area contributed by atoms with Gasteiger partial charge in [0.05, 0.1) is 6.54 Å². The third-order valence-corrected chi connectivity index (χ3v) is 3.59. The molecule has 2 heterocycles. The maximum absolute atomic E-state index is 5.49. The van der Waals surface area contributed by atoms with Crippen LogP contribution in [0.1, 0.15) is 35.2 Å². The number of thiazole rings is 1. The van der Waals surface area contributed by atoms with Crippen molar-refractivity contribution in [2.75, 3.05) is 10.7 Å². The topological polar surface area (TPSA) is 88.8 Å². The molecule has 0 bridgehead atoms. The molecule has 0 aliphatic rings. The van der Waals surface area contributed by atoms with Gasteiger partial charge in [0.15, 0.2) is 0 Å². The van der Waals surface area contributed by atoms with Gasteiger partial charge in [-0.05, 0) is 12.8 Å². The summed E-state index contributed by atoms with van der Waals surface area (Å²) in [6.45, 7) is 6.86. The van der Waals surface area contributed by atoms with Gasteiger partial charge in [-0.15, -0.1) is 11.3 Å². The van der Waals surface area contributed by atoms with Crippen molar-refractivity contribution in [3.8, 4) is 0 Å². The molecule has 7 heteroatoms. The fourth-order valence-electron chi connectivity index (χ4n) is 1.84. The second-order valence-electron chi connectivity index (χ2n) is 4.50. The van der Waals surface area contributed by atoms with E-state index in [2.05, 4.69) is 39.5 Å². The molecule has 0 atom stereocenters. The predicted octanol–water partition coefficient (Wildman–Crippen LogP) is 2.26. The van der Waals surface area contributed by atoms with Gasteiger partial charge in [-0.2, -0.15) is 0 Å². The van der Waals surface area contributed by atoms with Gasteiger partial charge < -0.3 is 10.7 Å². The molecular weight excluding hydrogens is 260 g/mol. The van der Waals surface area contributed by atoms with Gasteiger partial charge in [0, 0.05) is 16.6 Å². The van der Waals surface area contributed by atoms with Crippen LogP contribution in [-0.2, 0) is 6.54 Å². The first kappa shape index (κ1) is 13.7. The van der Waals surface area contributed by atoms with Crippen molar-refractivity contribution in [3.63, 3.8) is 0 Å². The average molecular weight is 278 g/mol. The lowest BCUT2D eigenvalue weighted by Gasteiger charge is -2.15. The summed E-state index contributed by atoms with van der Waals surface area (Å²) in [5.41, 5.74) is 3.60. The number of aromatic nitrogens is 3. The molecule has 2 aromatic rings. The van der Waals surface area contributed by atoms with E-state index in [9.17, 15) is 0 Å². The molecule has 0 radical (unpaired) electrons. The number of anilines is 2. The molecule has 102 valence electrons. The van der Waals surface area contributed by atoms with Crippen LogP contribution in [0.25, 0.3) is 0 Å². The Balaban J connectivity index is 2.19. The Labute approximate surface area is 116 Å². The van der Waals surface area contributed by atoms with Gasteiger partial charge in [-0.25, -0.2) is 20.8 Å². The van der Waals surface area contributed by atoms with Crippen molar-refractivity contribution < 1.29 is 0 Å². The Morgan fingerprint density at radius 1 is 1.26 bits per heavy atom. The molecule has 2 aromatic heterocycles. The number of nitrogen functional groups attached to an aromatic ring is 1. The minimum Gasteiger partial charge on any atom is -0.363 e. The van der Waals surface area contributed by atoms with Gasteiger partial charge in [0.2, 0.25) is 0 Å². The number of aryl methyl sites for hydroxylation is 1. The van der Waals surface area contributed by atoms with Crippen LogP contribution in [-0.4, -0.2) is 15.0 Å². The zero-order valence-electron chi connectivity index (χ0n) is 11.3. The fourth-order valence-corrected chi connectivity index (χ4v) is 2.57. The second-order valence-corrected chi connectivity index (χ2v) is 5.82. The smallest absolute Gasteiger partial charge is 0.148 e. The van der Waals surface area contributed by atoms with Crippen LogP contribution in [0.4, 0.5) is 11.6 Å². The van der Waals surface area contributed by atoms with Crippen molar-refractivity contribution in [2.24, 2.45) is 5.84 Å². The molecule has 4 N–H and O–H groups in total. The van der Waals surface area contributed by atoms with Gasteiger partial charge in [-0.1, -0.05) is 13.8 Å². The number of nitrogens with two attached hydrogens (primary N) is 1. The van der Waals surface area contributed by atoms with Crippen LogP contribution in [0.2, 0.25) is 0 Å². The van der Waals surface area contributed by atoms with Crippen molar-refractivity contribution >= 4 is 23.0 Å². The summed E-state index contributed by atoms with van der Waals surface area (Å²) < 4.78 is 0. The summed E-state index contributed by atoms with van der Waals surface area (Å²) in [4.78, 5) is 13.9. The van der Waals surface area contributed by atoms with Gasteiger partial charge in [-0.3, -0.25) is 0 Å². The SMILES string of the molecule is Cc1cnc(CNc2ncnc(NN)c2C(C)C)s1. The lowest BCUT2D eigenvalue weighted by atomic mass is 10.0. The number of nitrogens with one attached hydrogen (secondary N) is 2. The highest BCUT2D eigenvalue weighted by atomic mass is 32.1. The summed E-state index contributed by atoms with van der Waals surface area (Å²) in [6.07, 6.45) is 3.37. The van der Waals surface area contributed by atoms with Crippen LogP contribution in [0, 0.1) is 6.92 Å². The molecule has 0 amide bonds. The molecule has 0 saturated carbocycles. The van der Waals surface area contributed by atoms with E-state index in [0.717, 1.165) is 16.4 Å². The van der Waals surface area contributed by atoms with Crippen LogP contribution in [0.3, 0.4) is 0 Å². The zero-order valence-corrected chi connectivity index (χ0v) is 12.1. The number of hydrazine groups is 1. The standard InChI is InChI=1S/C12H18N6S/c1-7(2)10-11(16-6-17-12(10)18-13)15-5-9-14-4-8(3)19-9/h4,6-7H,5,13H2,1-3H3,(H2,15,16,17,18). The first-order chi connectivity index (χ1) is 9.11. The van der Waals surface area contributed by atoms with Crippen LogP contribution in [0.15, 0.2) is 12.5 Å². The van der Waals surface area contributed by atoms with Gasteiger partial charge >= 0.3 is 0 Å². The second kappa shape index (κ2) is 5.94. The molecule has 0 unspecified atom stereocenters. The van der Waals surface area contributed by atoms with E-state index in [0.29, 0.717) is 12.4 Å². The third kappa shape index (κ3) is 3.18. The number of nitrogens with zero attached hydrogens (tertiary/aromatic N) is 3. The summed E-state index contributed by atoms with van der Waals surface area (Å²) in [6, 6.07) is 0. The summed E-state index contributed by atoms with van der Waals surface area (Å²) in [5, 5.41) is 4.34. The van der Waals surface area contributed by atoms with E-state index >= 15 is 0 Å². The highest BCUT2D eigenvalue weighted by Crippen LogP contribution is 2.28. The summed E-state index contributed by atoms with van der Waals surface area (Å²) in [7, 11) is 0. The average Bonchev–Trinajstić information content (AvgIpc) is 2.81. The van der Waals surface area contributed by atoms with Crippen LogP contribution < -0.4 is 16.6 Å². The Morgan fingerprint density at radius 2 is 2.00 bits per heavy atom. The molecule has 0 aromatic carbocycles. The van der Waals surface area contributed by atoms with Crippen molar-refractivity contribution in [3.05, 3.63) is 28.0 Å². The third-order valence-electron chi connectivity index (χ3n) is 2.67. The van der Waals surface area contributed by atoms with Crippen molar-refractivity contribution in [1.29, 1.82) is 0 Å². The Hall–Kier alpha value is -1.73. The zero-order chi connectivity index (χ0) is 13.8. The Kier molecular flexibility index (Phi) is 4.28. The first-order valence-electron chi connectivity index (χ1n) is 6.08. The molecule has 0 spiro atoms. The molecule has 0 fully saturated rings. The molecule has 0 aliphatic carbocycles. The predicted molar refractivity (Wildman–Crippen MR) is 78.1 cm³/mol. The van der Waals surface area contributed by atoms with Gasteiger partial charge in [0.1, 0.15) is 23.0 Å². The van der Waals surface area contributed by atoms with E-state index in [1.54, 1.807) is 11.3 Å². The van der Waals surface area contributed by atoms with Crippen molar-refractivity contribution in [1.82, 2.24) is 15.0 Å². The van der Waals surface area contributed by atoms with Crippen LogP contribution in [0.5, 0.6) is 0 Å². The Bertz CT molecular complexity index is 551. The van der Waals surface area contributed by atoms with Crippen molar-refractivity contribution in [2.45, 2.75) is 33.2 Å². The normalized spacial score (nSPS) is 10.8. The number of hydrogen-bond acceptors (Lipinski definition) is 7. The quantitative estimate of drug-likeness (QED) is 0.574. The minimum absolute atomic E-state index is 0.271. The van der Waals surface area contributed by atoms with E-state index in [1.165, 1.54) is 11.2 Å². The van der Waals surface area contributed by atoms with E-state index in [1.807, 2.05) is 13.1 Å². The van der Waals surface area contributed by atoms with E-state index < -0.39 is 0 Å². The van der Waals surface area contributed by atoms with E-state index in [-0.39, 0.29) is 5.92 Å². The van der Waals surface area contributed by atoms with Gasteiger partial charge in [0.25, 0.3) is 0 Å². The maximum atomic E-state index is 5.49. The molecule has 0 aliphatic heterocycles. The highest BCUT2D eigenvalue weighted by molar-refractivity contribution is 7.11. The first-order valence-corrected chi connectivity index (χ1v) is 6.90. The lowest BCUT2D eigenvalue weighted by Crippen LogP contribution is -2.15. The molecule has 6 nitrogen and oxygen atoms in total. The number of hydrogen-bond donors (Lipinski definition) is 3. The lowest BCUT2D eigenvalue weighted by molar-refractivity contribution is 0.844.